The third kappa shape index (κ3) is 7.63. The van der Waals surface area contributed by atoms with E-state index < -0.39 is 0 Å². The molecule has 0 spiro atoms. The Morgan fingerprint density at radius 3 is 2.22 bits per heavy atom. The molecule has 0 fully saturated rings. The van der Waals surface area contributed by atoms with E-state index in [1.807, 2.05) is 27.8 Å². The van der Waals surface area contributed by atoms with Crippen LogP contribution in [0, 0.1) is 5.92 Å². The van der Waals surface area contributed by atoms with Crippen molar-refractivity contribution in [3.8, 4) is 0 Å². The zero-order chi connectivity index (χ0) is 14.0. The first-order valence-corrected chi connectivity index (χ1v) is 6.54. The van der Waals surface area contributed by atoms with E-state index in [0.717, 1.165) is 13.0 Å². The lowest BCUT2D eigenvalue weighted by Gasteiger charge is -2.23. The van der Waals surface area contributed by atoms with E-state index in [1.165, 1.54) is 7.11 Å². The highest BCUT2D eigenvalue weighted by molar-refractivity contribution is 5.71. The summed E-state index contributed by atoms with van der Waals surface area (Å²) in [6.45, 7) is 8.57. The average molecular weight is 261 g/mol. The Balaban J connectivity index is 3.92. The number of hydrogen-bond donors (Lipinski definition) is 0. The summed E-state index contributed by atoms with van der Waals surface area (Å²) in [6, 6.07) is 0. The fraction of sp³-hybridized carbons (Fsp3) is 0.923. The molecule has 0 rings (SSSR count). The van der Waals surface area contributed by atoms with Gasteiger partial charge < -0.3 is 19.1 Å². The van der Waals surface area contributed by atoms with Gasteiger partial charge in [0.05, 0.1) is 13.0 Å². The second kappa shape index (κ2) is 10.3. The van der Waals surface area contributed by atoms with E-state index in [-0.39, 0.29) is 18.2 Å². The van der Waals surface area contributed by atoms with Crippen molar-refractivity contribution in [3.63, 3.8) is 0 Å². The molecule has 1 unspecified atom stereocenters. The number of carbonyl (C=O) groups excluding carboxylic acids is 1. The first kappa shape index (κ1) is 17.4. The quantitative estimate of drug-likeness (QED) is 0.441. The Labute approximate surface area is 110 Å². The van der Waals surface area contributed by atoms with Crippen LogP contribution >= 0.6 is 0 Å². The summed E-state index contributed by atoms with van der Waals surface area (Å²) >= 11 is 0. The van der Waals surface area contributed by atoms with Gasteiger partial charge in [-0.05, 0) is 20.9 Å². The lowest BCUT2D eigenvalue weighted by Crippen LogP contribution is -2.32. The van der Waals surface area contributed by atoms with Crippen molar-refractivity contribution >= 4 is 5.97 Å². The molecule has 1 atom stereocenters. The number of nitrogens with zero attached hydrogens (tertiary/aromatic N) is 1. The lowest BCUT2D eigenvalue weighted by atomic mass is 10.1. The van der Waals surface area contributed by atoms with Crippen molar-refractivity contribution in [2.75, 3.05) is 40.5 Å². The lowest BCUT2D eigenvalue weighted by molar-refractivity contribution is -0.146. The molecule has 0 N–H and O–H groups in total. The van der Waals surface area contributed by atoms with Crippen LogP contribution in [0.25, 0.3) is 0 Å². The minimum Gasteiger partial charge on any atom is -0.469 e. The summed E-state index contributed by atoms with van der Waals surface area (Å²) in [7, 11) is 3.40. The molecule has 0 aliphatic carbocycles. The molecule has 0 aromatic carbocycles. The van der Waals surface area contributed by atoms with Crippen LogP contribution in [0.5, 0.6) is 0 Å². The Bertz CT molecular complexity index is 217. The first-order chi connectivity index (χ1) is 8.54. The van der Waals surface area contributed by atoms with E-state index in [0.29, 0.717) is 19.8 Å². The van der Waals surface area contributed by atoms with Gasteiger partial charge >= 0.3 is 5.97 Å². The third-order valence-electron chi connectivity index (χ3n) is 2.64. The molecule has 5 heteroatoms. The van der Waals surface area contributed by atoms with Crippen LogP contribution in [0.3, 0.4) is 0 Å². The number of rotatable bonds is 10. The maximum absolute atomic E-state index is 11.3. The van der Waals surface area contributed by atoms with Gasteiger partial charge in [-0.1, -0.05) is 6.92 Å². The van der Waals surface area contributed by atoms with Crippen LogP contribution in [0.4, 0.5) is 0 Å². The molecule has 18 heavy (non-hydrogen) atoms. The van der Waals surface area contributed by atoms with Crippen molar-refractivity contribution in [1.82, 2.24) is 4.90 Å². The summed E-state index contributed by atoms with van der Waals surface area (Å²) in [5.41, 5.74) is 0. The highest BCUT2D eigenvalue weighted by atomic mass is 16.7. The Morgan fingerprint density at radius 1 is 1.22 bits per heavy atom. The maximum atomic E-state index is 11.3. The summed E-state index contributed by atoms with van der Waals surface area (Å²) in [4.78, 5) is 13.4. The van der Waals surface area contributed by atoms with Crippen molar-refractivity contribution in [1.29, 1.82) is 0 Å². The van der Waals surface area contributed by atoms with Crippen LogP contribution in [-0.2, 0) is 19.0 Å². The van der Waals surface area contributed by atoms with Crippen molar-refractivity contribution in [2.24, 2.45) is 5.92 Å². The molecule has 108 valence electrons. The van der Waals surface area contributed by atoms with Gasteiger partial charge in [0.1, 0.15) is 0 Å². The molecule has 0 aromatic rings. The minimum atomic E-state index is -0.173. The van der Waals surface area contributed by atoms with Crippen molar-refractivity contribution < 1.29 is 19.0 Å². The molecular formula is C13H27NO4. The normalized spacial score (nSPS) is 13.1. The van der Waals surface area contributed by atoms with E-state index in [2.05, 4.69) is 4.90 Å². The van der Waals surface area contributed by atoms with Crippen LogP contribution < -0.4 is 0 Å². The van der Waals surface area contributed by atoms with Gasteiger partial charge in [0.2, 0.25) is 0 Å². The molecular weight excluding hydrogens is 234 g/mol. The van der Waals surface area contributed by atoms with Crippen molar-refractivity contribution in [3.05, 3.63) is 0 Å². The summed E-state index contributed by atoms with van der Waals surface area (Å²) in [6.07, 6.45) is 0.641. The van der Waals surface area contributed by atoms with Crippen LogP contribution in [0.1, 0.15) is 27.2 Å². The van der Waals surface area contributed by atoms with E-state index in [4.69, 9.17) is 14.2 Å². The smallest absolute Gasteiger partial charge is 0.309 e. The van der Waals surface area contributed by atoms with E-state index in [1.54, 1.807) is 0 Å². The van der Waals surface area contributed by atoms with E-state index >= 15 is 0 Å². The highest BCUT2D eigenvalue weighted by Gasteiger charge is 2.16. The largest absolute Gasteiger partial charge is 0.469 e. The van der Waals surface area contributed by atoms with Gasteiger partial charge in [-0.2, -0.15) is 0 Å². The van der Waals surface area contributed by atoms with E-state index in [9.17, 15) is 4.79 Å². The Kier molecular flexibility index (Phi) is 9.92. The molecule has 0 heterocycles. The minimum absolute atomic E-state index is 0.113. The first-order valence-electron chi connectivity index (χ1n) is 6.54. The van der Waals surface area contributed by atoms with Gasteiger partial charge in [0, 0.05) is 32.7 Å². The highest BCUT2D eigenvalue weighted by Crippen LogP contribution is 2.05. The molecule has 0 amide bonds. The fourth-order valence-corrected chi connectivity index (χ4v) is 1.75. The number of methoxy groups -OCH3 is 1. The monoisotopic (exact) mass is 261 g/mol. The fourth-order valence-electron chi connectivity index (χ4n) is 1.75. The summed E-state index contributed by atoms with van der Waals surface area (Å²) < 4.78 is 15.6. The van der Waals surface area contributed by atoms with Gasteiger partial charge in [-0.3, -0.25) is 4.79 Å². The predicted octanol–water partition coefficient (Wildman–Crippen LogP) is 1.52. The van der Waals surface area contributed by atoms with Crippen LogP contribution in [0.15, 0.2) is 0 Å². The summed E-state index contributed by atoms with van der Waals surface area (Å²) in [5, 5.41) is 0. The molecule has 0 saturated heterocycles. The zero-order valence-corrected chi connectivity index (χ0v) is 12.3. The predicted molar refractivity (Wildman–Crippen MR) is 70.3 cm³/mol. The Hall–Kier alpha value is -0.650. The second-order valence-electron chi connectivity index (χ2n) is 4.32. The zero-order valence-electron chi connectivity index (χ0n) is 12.3. The van der Waals surface area contributed by atoms with Gasteiger partial charge in [0.15, 0.2) is 6.29 Å². The SMILES string of the molecule is CCOC(CCN(C)CC(C)C(=O)OC)OCC. The number of esters is 1. The summed E-state index contributed by atoms with van der Waals surface area (Å²) in [5.74, 6) is -0.286. The van der Waals surface area contributed by atoms with Gasteiger partial charge in [-0.25, -0.2) is 0 Å². The molecule has 0 bridgehead atoms. The maximum Gasteiger partial charge on any atom is 0.309 e. The number of hydrogen-bond acceptors (Lipinski definition) is 5. The van der Waals surface area contributed by atoms with Crippen LogP contribution in [0.2, 0.25) is 0 Å². The van der Waals surface area contributed by atoms with Crippen LogP contribution in [-0.4, -0.2) is 57.6 Å². The van der Waals surface area contributed by atoms with Crippen molar-refractivity contribution in [2.45, 2.75) is 33.5 Å². The molecule has 5 nitrogen and oxygen atoms in total. The number of ether oxygens (including phenoxy) is 3. The third-order valence-corrected chi connectivity index (χ3v) is 2.64. The average Bonchev–Trinajstić information content (AvgIpc) is 2.35. The van der Waals surface area contributed by atoms with Gasteiger partial charge in [0.25, 0.3) is 0 Å². The Morgan fingerprint density at radius 2 is 1.78 bits per heavy atom. The molecule has 0 aliphatic heterocycles. The topological polar surface area (TPSA) is 48.0 Å². The van der Waals surface area contributed by atoms with Gasteiger partial charge in [-0.15, -0.1) is 0 Å². The molecule has 0 aromatic heterocycles. The molecule has 0 radical (unpaired) electrons. The standard InChI is InChI=1S/C13H27NO4/c1-6-17-12(18-7-2)8-9-14(4)10-11(3)13(15)16-5/h11-12H,6-10H2,1-5H3. The molecule has 0 aliphatic rings. The number of carbonyl (C=O) groups is 1. The second-order valence-corrected chi connectivity index (χ2v) is 4.32. The molecule has 0 saturated carbocycles.